The Morgan fingerprint density at radius 3 is 2.71 bits per heavy atom. The number of anilines is 1. The highest BCUT2D eigenvalue weighted by atomic mass is 32.1. The summed E-state index contributed by atoms with van der Waals surface area (Å²) in [6.07, 6.45) is 6.18. The number of amides is 1. The smallest absolute Gasteiger partial charge is 0.242 e. The van der Waals surface area contributed by atoms with E-state index in [1.54, 1.807) is 24.6 Å². The lowest BCUT2D eigenvalue weighted by molar-refractivity contribution is -0.122. The number of ether oxygens (including phenoxy) is 1. The van der Waals surface area contributed by atoms with Crippen LogP contribution in [0.2, 0.25) is 0 Å². The van der Waals surface area contributed by atoms with Gasteiger partial charge in [0.1, 0.15) is 11.8 Å². The first-order chi connectivity index (χ1) is 13.8. The monoisotopic (exact) mass is 400 g/mol. The number of hydrogen-bond acceptors (Lipinski definition) is 6. The van der Waals surface area contributed by atoms with E-state index in [0.717, 1.165) is 43.4 Å². The molecule has 0 saturated carbocycles. The number of nitrogens with one attached hydrogen (secondary N) is 1. The maximum atomic E-state index is 13.0. The van der Waals surface area contributed by atoms with Crippen molar-refractivity contribution in [3.63, 3.8) is 0 Å². The number of aromatic nitrogens is 1. The molecule has 1 aromatic heterocycles. The van der Waals surface area contributed by atoms with Crippen LogP contribution in [0.4, 0.5) is 5.13 Å². The number of methoxy groups -OCH3 is 1. The number of carbonyl (C=O) groups excluding carboxylic acids is 1. The average molecular weight is 401 g/mol. The largest absolute Gasteiger partial charge is 0.497 e. The van der Waals surface area contributed by atoms with E-state index in [1.807, 2.05) is 17.5 Å². The molecule has 2 saturated heterocycles. The number of likely N-dealkylation sites (tertiary alicyclic amines) is 1. The van der Waals surface area contributed by atoms with E-state index in [9.17, 15) is 4.79 Å². The van der Waals surface area contributed by atoms with E-state index in [-0.39, 0.29) is 18.0 Å². The highest BCUT2D eigenvalue weighted by molar-refractivity contribution is 7.13. The molecule has 6 nitrogen and oxygen atoms in total. The van der Waals surface area contributed by atoms with Gasteiger partial charge in [-0.05, 0) is 56.5 Å². The van der Waals surface area contributed by atoms with Gasteiger partial charge in [0.05, 0.1) is 13.2 Å². The number of benzene rings is 1. The molecule has 0 bridgehead atoms. The van der Waals surface area contributed by atoms with Crippen molar-refractivity contribution in [2.24, 2.45) is 0 Å². The van der Waals surface area contributed by atoms with E-state index in [2.05, 4.69) is 32.2 Å². The summed E-state index contributed by atoms with van der Waals surface area (Å²) in [7, 11) is 1.68. The summed E-state index contributed by atoms with van der Waals surface area (Å²) < 4.78 is 5.29. The fourth-order valence-electron chi connectivity index (χ4n) is 4.28. The fraction of sp³-hybridized carbons (Fsp3) is 0.524. The molecule has 1 aromatic carbocycles. The Morgan fingerprint density at radius 2 is 2.04 bits per heavy atom. The molecule has 2 aromatic rings. The fourth-order valence-corrected chi connectivity index (χ4v) is 5.00. The second kappa shape index (κ2) is 8.92. The molecule has 1 amide bonds. The van der Waals surface area contributed by atoms with Crippen molar-refractivity contribution in [3.05, 3.63) is 41.4 Å². The van der Waals surface area contributed by atoms with Crippen LogP contribution in [-0.2, 0) is 4.79 Å². The lowest BCUT2D eigenvalue weighted by Gasteiger charge is -2.30. The molecule has 4 rings (SSSR count). The molecule has 2 atom stereocenters. The summed E-state index contributed by atoms with van der Waals surface area (Å²) in [4.78, 5) is 22.0. The van der Waals surface area contributed by atoms with E-state index < -0.39 is 0 Å². The van der Waals surface area contributed by atoms with Gasteiger partial charge in [-0.15, -0.1) is 11.3 Å². The van der Waals surface area contributed by atoms with Crippen LogP contribution in [0.5, 0.6) is 5.75 Å². The van der Waals surface area contributed by atoms with Gasteiger partial charge in [0.25, 0.3) is 0 Å². The van der Waals surface area contributed by atoms with Crippen LogP contribution >= 0.6 is 11.3 Å². The number of carbonyl (C=O) groups is 1. The van der Waals surface area contributed by atoms with Crippen molar-refractivity contribution in [1.29, 1.82) is 0 Å². The maximum absolute atomic E-state index is 13.0. The second-order valence-electron chi connectivity index (χ2n) is 7.44. The third kappa shape index (κ3) is 4.15. The van der Waals surface area contributed by atoms with E-state index in [1.165, 1.54) is 18.4 Å². The van der Waals surface area contributed by atoms with Crippen LogP contribution in [0.3, 0.4) is 0 Å². The van der Waals surface area contributed by atoms with Crippen LogP contribution in [0.25, 0.3) is 0 Å². The van der Waals surface area contributed by atoms with Gasteiger partial charge in [-0.2, -0.15) is 0 Å². The van der Waals surface area contributed by atoms with Crippen molar-refractivity contribution < 1.29 is 9.53 Å². The zero-order valence-electron chi connectivity index (χ0n) is 16.3. The van der Waals surface area contributed by atoms with Crippen molar-refractivity contribution in [1.82, 2.24) is 15.2 Å². The van der Waals surface area contributed by atoms with Gasteiger partial charge < -0.3 is 15.0 Å². The summed E-state index contributed by atoms with van der Waals surface area (Å²) in [5.41, 5.74) is 1.23. The van der Waals surface area contributed by atoms with Gasteiger partial charge >= 0.3 is 0 Å². The van der Waals surface area contributed by atoms with Gasteiger partial charge in [0.2, 0.25) is 5.91 Å². The molecule has 0 spiro atoms. The number of rotatable bonds is 7. The third-order valence-corrected chi connectivity index (χ3v) is 6.58. The van der Waals surface area contributed by atoms with Gasteiger partial charge in [-0.3, -0.25) is 9.69 Å². The summed E-state index contributed by atoms with van der Waals surface area (Å²) in [5.74, 6) is 0.975. The topological polar surface area (TPSA) is 57.7 Å². The molecule has 1 N–H and O–H groups in total. The van der Waals surface area contributed by atoms with Gasteiger partial charge in [-0.1, -0.05) is 12.1 Å². The zero-order chi connectivity index (χ0) is 19.3. The van der Waals surface area contributed by atoms with Crippen molar-refractivity contribution >= 4 is 22.4 Å². The Bertz CT molecular complexity index is 759. The molecule has 2 fully saturated rings. The molecule has 7 heteroatoms. The number of thiazole rings is 1. The Kier molecular flexibility index (Phi) is 6.12. The predicted octanol–water partition coefficient (Wildman–Crippen LogP) is 3.07. The van der Waals surface area contributed by atoms with E-state index in [0.29, 0.717) is 6.54 Å². The normalized spacial score (nSPS) is 21.0. The maximum Gasteiger partial charge on any atom is 0.242 e. The summed E-state index contributed by atoms with van der Waals surface area (Å²) in [6.45, 7) is 3.70. The van der Waals surface area contributed by atoms with Gasteiger partial charge in [0.15, 0.2) is 5.13 Å². The zero-order valence-corrected chi connectivity index (χ0v) is 17.2. The first-order valence-electron chi connectivity index (χ1n) is 10.1. The summed E-state index contributed by atoms with van der Waals surface area (Å²) in [5, 5.41) is 6.16. The molecule has 150 valence electrons. The molecule has 3 heterocycles. The Balaban J connectivity index is 1.44. The van der Waals surface area contributed by atoms with Gasteiger partial charge in [-0.25, -0.2) is 4.98 Å². The highest BCUT2D eigenvalue weighted by Crippen LogP contribution is 2.29. The van der Waals surface area contributed by atoms with Gasteiger partial charge in [0, 0.05) is 24.7 Å². The molecule has 2 aliphatic rings. The lowest BCUT2D eigenvalue weighted by atomic mass is 10.0. The first kappa shape index (κ1) is 19.2. The van der Waals surface area contributed by atoms with Crippen molar-refractivity contribution in [2.45, 2.75) is 37.8 Å². The molecular formula is C21H28N4O2S. The third-order valence-electron chi connectivity index (χ3n) is 5.77. The Labute approximate surface area is 170 Å². The summed E-state index contributed by atoms with van der Waals surface area (Å²) >= 11 is 1.60. The van der Waals surface area contributed by atoms with E-state index in [4.69, 9.17) is 4.74 Å². The molecule has 2 aliphatic heterocycles. The van der Waals surface area contributed by atoms with Crippen LogP contribution in [0.1, 0.15) is 37.3 Å². The van der Waals surface area contributed by atoms with E-state index >= 15 is 0 Å². The molecular weight excluding hydrogens is 372 g/mol. The van der Waals surface area contributed by atoms with Crippen LogP contribution in [-0.4, -0.2) is 55.1 Å². The molecule has 2 unspecified atom stereocenters. The van der Waals surface area contributed by atoms with Crippen molar-refractivity contribution in [3.8, 4) is 5.75 Å². The summed E-state index contributed by atoms with van der Waals surface area (Å²) in [6, 6.07) is 8.33. The number of hydrogen-bond donors (Lipinski definition) is 1. The SMILES string of the molecule is COc1ccc(C(CNC(=O)C2CCCN2c2nccs2)N2CCCC2)cc1. The second-order valence-corrected chi connectivity index (χ2v) is 8.32. The predicted molar refractivity (Wildman–Crippen MR) is 112 cm³/mol. The minimum atomic E-state index is -0.110. The molecule has 0 radical (unpaired) electrons. The molecule has 28 heavy (non-hydrogen) atoms. The quantitative estimate of drug-likeness (QED) is 0.774. The van der Waals surface area contributed by atoms with Crippen LogP contribution in [0, 0.1) is 0 Å². The molecule has 0 aliphatic carbocycles. The standard InChI is InChI=1S/C21H28N4O2S/c1-27-17-8-6-16(7-9-17)19(24-11-2-3-12-24)15-23-20(26)18-5-4-13-25(18)21-22-10-14-28-21/h6-10,14,18-19H,2-5,11-13,15H2,1H3,(H,23,26). The average Bonchev–Trinajstić information content (AvgIpc) is 3.50. The first-order valence-corrected chi connectivity index (χ1v) is 11.0. The van der Waals surface area contributed by atoms with Crippen LogP contribution in [0.15, 0.2) is 35.8 Å². The minimum absolute atomic E-state index is 0.110. The Hall–Kier alpha value is -2.12. The van der Waals surface area contributed by atoms with Crippen molar-refractivity contribution in [2.75, 3.05) is 38.2 Å². The minimum Gasteiger partial charge on any atom is -0.497 e. The highest BCUT2D eigenvalue weighted by Gasteiger charge is 2.33. The Morgan fingerprint density at radius 1 is 1.25 bits per heavy atom. The number of nitrogens with zero attached hydrogens (tertiary/aromatic N) is 3. The lowest BCUT2D eigenvalue weighted by Crippen LogP contribution is -2.46. The van der Waals surface area contributed by atoms with Crippen LogP contribution < -0.4 is 15.0 Å².